The predicted molar refractivity (Wildman–Crippen MR) is 88.7 cm³/mol. The van der Waals surface area contributed by atoms with Crippen LogP contribution in [0.4, 0.5) is 10.1 Å². The number of benzene rings is 2. The molecular formula is C17H17FN2O3S. The van der Waals surface area contributed by atoms with Crippen LogP contribution in [0.2, 0.25) is 0 Å². The van der Waals surface area contributed by atoms with Gasteiger partial charge in [0.25, 0.3) is 0 Å². The number of aryl methyl sites for hydroxylation is 1. The van der Waals surface area contributed by atoms with Crippen LogP contribution in [0, 0.1) is 12.7 Å². The maximum atomic E-state index is 13.0. The smallest absolute Gasteiger partial charge is 0.243 e. The minimum atomic E-state index is -3.70. The second kappa shape index (κ2) is 6.33. The molecule has 3 rings (SSSR count). The summed E-state index contributed by atoms with van der Waals surface area (Å²) in [5.41, 5.74) is 1.53. The molecular weight excluding hydrogens is 331 g/mol. The highest BCUT2D eigenvalue weighted by Gasteiger charge is 2.33. The molecule has 0 aromatic heterocycles. The topological polar surface area (TPSA) is 57.7 Å². The van der Waals surface area contributed by atoms with Crippen LogP contribution in [0.15, 0.2) is 53.4 Å². The van der Waals surface area contributed by atoms with Crippen molar-refractivity contribution in [3.63, 3.8) is 0 Å². The van der Waals surface area contributed by atoms with E-state index in [4.69, 9.17) is 0 Å². The third-order valence-corrected chi connectivity index (χ3v) is 5.84. The monoisotopic (exact) mass is 348 g/mol. The van der Waals surface area contributed by atoms with E-state index in [-0.39, 0.29) is 36.3 Å². The van der Waals surface area contributed by atoms with Crippen molar-refractivity contribution in [2.45, 2.75) is 11.8 Å². The molecule has 0 bridgehead atoms. The maximum Gasteiger partial charge on any atom is 0.243 e. The summed E-state index contributed by atoms with van der Waals surface area (Å²) < 4.78 is 39.5. The molecule has 1 aliphatic rings. The molecule has 1 amide bonds. The van der Waals surface area contributed by atoms with Gasteiger partial charge in [-0.2, -0.15) is 4.31 Å². The van der Waals surface area contributed by atoms with E-state index >= 15 is 0 Å². The summed E-state index contributed by atoms with van der Waals surface area (Å²) in [6.07, 6.45) is 0. The zero-order valence-electron chi connectivity index (χ0n) is 13.1. The van der Waals surface area contributed by atoms with Gasteiger partial charge in [-0.3, -0.25) is 4.79 Å². The molecule has 1 heterocycles. The van der Waals surface area contributed by atoms with Crippen LogP contribution in [-0.4, -0.2) is 38.3 Å². The fraction of sp³-hybridized carbons (Fsp3) is 0.235. The summed E-state index contributed by atoms with van der Waals surface area (Å²) in [5.74, 6) is -0.713. The molecule has 7 heteroatoms. The quantitative estimate of drug-likeness (QED) is 0.854. The molecule has 1 fully saturated rings. The fourth-order valence-electron chi connectivity index (χ4n) is 2.61. The molecule has 0 N–H and O–H groups in total. The van der Waals surface area contributed by atoms with E-state index < -0.39 is 10.0 Å². The lowest BCUT2D eigenvalue weighted by Gasteiger charge is -2.33. The van der Waals surface area contributed by atoms with E-state index in [1.165, 1.54) is 33.5 Å². The molecule has 1 aliphatic heterocycles. The van der Waals surface area contributed by atoms with Gasteiger partial charge in [-0.1, -0.05) is 17.7 Å². The lowest BCUT2D eigenvalue weighted by Crippen LogP contribution is -2.52. The number of carbonyl (C=O) groups excluding carboxylic acids is 1. The Bertz CT molecular complexity index is 848. The largest absolute Gasteiger partial charge is 0.310 e. The van der Waals surface area contributed by atoms with Gasteiger partial charge >= 0.3 is 0 Å². The number of hydrogen-bond acceptors (Lipinski definition) is 3. The van der Waals surface area contributed by atoms with Crippen molar-refractivity contribution in [2.75, 3.05) is 24.5 Å². The summed E-state index contributed by atoms with van der Waals surface area (Å²) >= 11 is 0. The number of halogens is 1. The first-order valence-electron chi connectivity index (χ1n) is 7.51. The van der Waals surface area contributed by atoms with Crippen molar-refractivity contribution < 1.29 is 17.6 Å². The molecule has 1 saturated heterocycles. The minimum Gasteiger partial charge on any atom is -0.310 e. The van der Waals surface area contributed by atoms with Crippen LogP contribution >= 0.6 is 0 Å². The first-order valence-corrected chi connectivity index (χ1v) is 8.95. The third kappa shape index (κ3) is 3.18. The Hall–Kier alpha value is -2.25. The van der Waals surface area contributed by atoms with Crippen LogP contribution in [0.3, 0.4) is 0 Å². The summed E-state index contributed by atoms with van der Waals surface area (Å²) in [5, 5.41) is 0. The molecule has 0 radical (unpaired) electrons. The zero-order chi connectivity index (χ0) is 17.3. The minimum absolute atomic E-state index is 0.177. The van der Waals surface area contributed by atoms with Gasteiger partial charge < -0.3 is 4.90 Å². The van der Waals surface area contributed by atoms with E-state index in [1.807, 2.05) is 6.92 Å². The second-order valence-electron chi connectivity index (χ2n) is 5.67. The van der Waals surface area contributed by atoms with Crippen molar-refractivity contribution in [3.8, 4) is 0 Å². The number of hydrogen-bond donors (Lipinski definition) is 0. The van der Waals surface area contributed by atoms with E-state index in [2.05, 4.69) is 0 Å². The average molecular weight is 348 g/mol. The number of rotatable bonds is 3. The Kier molecular flexibility index (Phi) is 4.38. The molecule has 24 heavy (non-hydrogen) atoms. The van der Waals surface area contributed by atoms with Crippen molar-refractivity contribution in [3.05, 3.63) is 59.9 Å². The number of sulfonamides is 1. The van der Waals surface area contributed by atoms with Crippen LogP contribution in [0.25, 0.3) is 0 Å². The average Bonchev–Trinajstić information content (AvgIpc) is 2.56. The lowest BCUT2D eigenvalue weighted by molar-refractivity contribution is -0.119. The Morgan fingerprint density at radius 1 is 0.958 bits per heavy atom. The van der Waals surface area contributed by atoms with Gasteiger partial charge in [0.2, 0.25) is 15.9 Å². The molecule has 0 atom stereocenters. The van der Waals surface area contributed by atoms with E-state index in [0.717, 1.165) is 5.56 Å². The molecule has 2 aromatic carbocycles. The maximum absolute atomic E-state index is 13.0. The van der Waals surface area contributed by atoms with Gasteiger partial charge in [0, 0.05) is 18.8 Å². The number of anilines is 1. The standard InChI is InChI=1S/C17H17FN2O3S/c1-13-2-8-16(9-3-13)24(22,23)19-10-11-20(17(21)12-19)15-6-4-14(18)5-7-15/h2-9H,10-12H2,1H3. The Morgan fingerprint density at radius 3 is 2.17 bits per heavy atom. The van der Waals surface area contributed by atoms with Crippen LogP contribution in [0.5, 0.6) is 0 Å². The van der Waals surface area contributed by atoms with Gasteiger partial charge in [-0.05, 0) is 43.3 Å². The van der Waals surface area contributed by atoms with Crippen LogP contribution < -0.4 is 4.90 Å². The number of nitrogens with zero attached hydrogens (tertiary/aromatic N) is 2. The highest BCUT2D eigenvalue weighted by molar-refractivity contribution is 7.89. The summed E-state index contributed by atoms with van der Waals surface area (Å²) in [6, 6.07) is 12.1. The van der Waals surface area contributed by atoms with Gasteiger partial charge in [0.15, 0.2) is 0 Å². The van der Waals surface area contributed by atoms with Crippen LogP contribution in [0.1, 0.15) is 5.56 Å². The molecule has 5 nitrogen and oxygen atoms in total. The van der Waals surface area contributed by atoms with E-state index in [9.17, 15) is 17.6 Å². The van der Waals surface area contributed by atoms with Gasteiger partial charge in [0.05, 0.1) is 11.4 Å². The third-order valence-electron chi connectivity index (χ3n) is 3.98. The fourth-order valence-corrected chi connectivity index (χ4v) is 3.99. The Labute approximate surface area is 140 Å². The molecule has 0 spiro atoms. The molecule has 0 unspecified atom stereocenters. The lowest BCUT2D eigenvalue weighted by atomic mass is 10.2. The second-order valence-corrected chi connectivity index (χ2v) is 7.61. The Morgan fingerprint density at radius 2 is 1.58 bits per heavy atom. The first-order chi connectivity index (χ1) is 11.4. The summed E-state index contributed by atoms with van der Waals surface area (Å²) in [7, 11) is -3.70. The van der Waals surface area contributed by atoms with E-state index in [0.29, 0.717) is 5.69 Å². The highest BCUT2D eigenvalue weighted by atomic mass is 32.2. The SMILES string of the molecule is Cc1ccc(S(=O)(=O)N2CCN(c3ccc(F)cc3)C(=O)C2)cc1. The predicted octanol–water partition coefficient (Wildman–Crippen LogP) is 2.17. The summed E-state index contributed by atoms with van der Waals surface area (Å²) in [4.78, 5) is 14.0. The van der Waals surface area contributed by atoms with Crippen molar-refractivity contribution in [2.24, 2.45) is 0 Å². The van der Waals surface area contributed by atoms with E-state index in [1.54, 1.807) is 24.3 Å². The normalized spacial score (nSPS) is 16.4. The summed E-state index contributed by atoms with van der Waals surface area (Å²) in [6.45, 7) is 2.07. The molecule has 2 aromatic rings. The Balaban J connectivity index is 1.78. The van der Waals surface area contributed by atoms with Gasteiger partial charge in [0.1, 0.15) is 5.82 Å². The van der Waals surface area contributed by atoms with Gasteiger partial charge in [-0.15, -0.1) is 0 Å². The molecule has 126 valence electrons. The van der Waals surface area contributed by atoms with Crippen molar-refractivity contribution >= 4 is 21.6 Å². The van der Waals surface area contributed by atoms with Crippen molar-refractivity contribution in [1.82, 2.24) is 4.31 Å². The number of piperazine rings is 1. The molecule has 0 aliphatic carbocycles. The van der Waals surface area contributed by atoms with Gasteiger partial charge in [-0.25, -0.2) is 12.8 Å². The molecule has 0 saturated carbocycles. The first kappa shape index (κ1) is 16.6. The van der Waals surface area contributed by atoms with Crippen molar-refractivity contribution in [1.29, 1.82) is 0 Å². The zero-order valence-corrected chi connectivity index (χ0v) is 14.0. The number of carbonyl (C=O) groups is 1. The van der Waals surface area contributed by atoms with Crippen LogP contribution in [-0.2, 0) is 14.8 Å². The number of amides is 1. The highest BCUT2D eigenvalue weighted by Crippen LogP contribution is 2.22.